The summed E-state index contributed by atoms with van der Waals surface area (Å²) < 4.78 is 74.1. The molecule has 1 rings (SSSR count). The van der Waals surface area contributed by atoms with Gasteiger partial charge in [0, 0.05) is 31.1 Å². The maximum absolute atomic E-state index is 9.18. The number of aryl methyl sites for hydroxylation is 1. The highest BCUT2D eigenvalue weighted by Gasteiger charge is 2.15. The van der Waals surface area contributed by atoms with Gasteiger partial charge >= 0.3 is 7.12 Å². The van der Waals surface area contributed by atoms with Gasteiger partial charge in [-0.3, -0.25) is 4.98 Å². The van der Waals surface area contributed by atoms with Crippen LogP contribution in [0.4, 0.5) is 0 Å². The normalized spacial score (nSPS) is 25.7. The molecule has 2 N–H and O–H groups in total. The number of hydrogen-bond donors (Lipinski definition) is 2. The Morgan fingerprint density at radius 2 is 2.38 bits per heavy atom. The van der Waals surface area contributed by atoms with Gasteiger partial charge in [0.2, 0.25) is 0 Å². The van der Waals surface area contributed by atoms with Gasteiger partial charge < -0.3 is 10.0 Å². The Kier molecular flexibility index (Phi) is 0.920. The molecule has 3 nitrogen and oxygen atoms in total. The molecule has 1 heterocycles. The molecule has 0 unspecified atom stereocenters. The Morgan fingerprint density at radius 3 is 2.92 bits per heavy atom. The Hall–Kier alpha value is -0.865. The third-order valence-corrected chi connectivity index (χ3v) is 1.47. The molecule has 70 valence electrons. The van der Waals surface area contributed by atoms with Crippen LogP contribution >= 0.6 is 0 Å². The van der Waals surface area contributed by atoms with Crippen molar-refractivity contribution in [1.82, 2.24) is 4.98 Å². The Morgan fingerprint density at radius 1 is 1.62 bits per heavy atom. The average molecular weight is 189 g/mol. The molecule has 0 bridgehead atoms. The second-order valence-electron chi connectivity index (χ2n) is 2.41. The van der Waals surface area contributed by atoms with Gasteiger partial charge in [-0.25, -0.2) is 0 Å². The quantitative estimate of drug-likeness (QED) is 0.653. The van der Waals surface area contributed by atoms with E-state index in [4.69, 9.17) is 13.7 Å². The third kappa shape index (κ3) is 2.29. The minimum absolute atomic E-state index is 0.521. The van der Waals surface area contributed by atoms with Crippen LogP contribution in [0.5, 0.6) is 0 Å². The summed E-state index contributed by atoms with van der Waals surface area (Å²) in [6, 6.07) is 0.605. The van der Waals surface area contributed by atoms with Crippen molar-refractivity contribution in [2.75, 3.05) is 0 Å². The molecule has 0 atom stereocenters. The lowest BCUT2D eigenvalue weighted by atomic mass is 9.78. The zero-order valence-corrected chi connectivity index (χ0v) is 6.57. The van der Waals surface area contributed by atoms with E-state index >= 15 is 0 Å². The highest BCUT2D eigenvalue weighted by atomic mass is 16.4. The van der Waals surface area contributed by atoms with Crippen molar-refractivity contribution in [2.45, 2.75) is 26.4 Å². The SMILES string of the molecule is [2H]C([2H])([2H])c1cc(C([2H])(C([2H])([2H])[2H])C([2H])([2H])[2H])ncc1B(O)O. The second kappa shape index (κ2) is 3.90. The van der Waals surface area contributed by atoms with Gasteiger partial charge in [-0.15, -0.1) is 0 Å². The summed E-state index contributed by atoms with van der Waals surface area (Å²) in [7, 11) is -2.20. The number of nitrogens with zero attached hydrogens (tertiary/aromatic N) is 1. The lowest BCUT2D eigenvalue weighted by Crippen LogP contribution is -2.32. The molecule has 0 aliphatic rings. The van der Waals surface area contributed by atoms with Crippen molar-refractivity contribution in [3.63, 3.8) is 0 Å². The second-order valence-corrected chi connectivity index (χ2v) is 2.41. The number of rotatable bonds is 2. The van der Waals surface area contributed by atoms with Crippen molar-refractivity contribution >= 4 is 12.6 Å². The molecule has 13 heavy (non-hydrogen) atoms. The monoisotopic (exact) mass is 189 g/mol. The van der Waals surface area contributed by atoms with Crippen molar-refractivity contribution in [1.29, 1.82) is 0 Å². The summed E-state index contributed by atoms with van der Waals surface area (Å²) in [6.07, 6.45) is 0.655. The van der Waals surface area contributed by atoms with Crippen LogP contribution in [-0.2, 0) is 0 Å². The molecule has 0 spiro atoms. The molecule has 0 saturated carbocycles. The lowest BCUT2D eigenvalue weighted by Gasteiger charge is -2.08. The molecule has 0 radical (unpaired) electrons. The van der Waals surface area contributed by atoms with Crippen LogP contribution in [0.15, 0.2) is 12.3 Å². The van der Waals surface area contributed by atoms with Gasteiger partial charge in [-0.2, -0.15) is 0 Å². The van der Waals surface area contributed by atoms with Crippen LogP contribution in [0, 0.1) is 6.85 Å². The van der Waals surface area contributed by atoms with E-state index in [0.717, 1.165) is 0 Å². The van der Waals surface area contributed by atoms with Crippen LogP contribution in [-0.4, -0.2) is 22.2 Å². The summed E-state index contributed by atoms with van der Waals surface area (Å²) in [5.74, 6) is -3.17. The highest BCUT2D eigenvalue weighted by molar-refractivity contribution is 6.59. The van der Waals surface area contributed by atoms with Gasteiger partial charge in [0.1, 0.15) is 0 Å². The minimum Gasteiger partial charge on any atom is -0.423 e. The van der Waals surface area contributed by atoms with Crippen LogP contribution < -0.4 is 5.46 Å². The Balaban J connectivity index is 3.72. The maximum Gasteiger partial charge on any atom is 0.490 e. The van der Waals surface area contributed by atoms with E-state index < -0.39 is 50.3 Å². The summed E-state index contributed by atoms with van der Waals surface area (Å²) in [5, 5.41) is 18.4. The van der Waals surface area contributed by atoms with E-state index in [1.54, 1.807) is 0 Å². The van der Waals surface area contributed by atoms with E-state index in [0.29, 0.717) is 12.3 Å². The first-order valence-electron chi connectivity index (χ1n) is 8.40. The number of hydrogen-bond acceptors (Lipinski definition) is 3. The fourth-order valence-electron chi connectivity index (χ4n) is 0.808. The Bertz CT molecular complexity index is 565. The van der Waals surface area contributed by atoms with Crippen LogP contribution in [0.25, 0.3) is 0 Å². The van der Waals surface area contributed by atoms with Crippen LogP contribution in [0.2, 0.25) is 0 Å². The van der Waals surface area contributed by atoms with E-state index in [9.17, 15) is 10.0 Å². The van der Waals surface area contributed by atoms with Crippen molar-refractivity contribution in [3.8, 4) is 0 Å². The summed E-state index contributed by atoms with van der Waals surface area (Å²) in [6.45, 7) is -9.53. The van der Waals surface area contributed by atoms with Gasteiger partial charge in [0.15, 0.2) is 0 Å². The largest absolute Gasteiger partial charge is 0.490 e. The molecular formula is C9H14BNO2. The Labute approximate surface area is 92.6 Å². The molecule has 4 heteroatoms. The topological polar surface area (TPSA) is 53.4 Å². The minimum atomic E-state index is -3.32. The zero-order valence-electron chi connectivity index (χ0n) is 16.6. The summed E-state index contributed by atoms with van der Waals surface area (Å²) in [5.41, 5.74) is -2.01. The average Bonchev–Trinajstić information content (AvgIpc) is 2.33. The maximum atomic E-state index is 9.18. The molecule has 0 saturated heterocycles. The zero-order chi connectivity index (χ0) is 18.4. The van der Waals surface area contributed by atoms with E-state index in [1.165, 1.54) is 0 Å². The molecule has 0 aromatic carbocycles. The van der Waals surface area contributed by atoms with Crippen LogP contribution in [0.1, 0.15) is 44.6 Å². The van der Waals surface area contributed by atoms with Crippen molar-refractivity contribution in [2.24, 2.45) is 0 Å². The predicted octanol–water partition coefficient (Wildman–Crippen LogP) is 0.193. The molecule has 0 fully saturated rings. The van der Waals surface area contributed by atoms with E-state index in [-0.39, 0.29) is 0 Å². The highest BCUT2D eigenvalue weighted by Crippen LogP contribution is 2.10. The van der Waals surface area contributed by atoms with Gasteiger partial charge in [0.25, 0.3) is 0 Å². The van der Waals surface area contributed by atoms with Crippen molar-refractivity contribution in [3.05, 3.63) is 23.5 Å². The van der Waals surface area contributed by atoms with Gasteiger partial charge in [-0.05, 0) is 24.4 Å². The van der Waals surface area contributed by atoms with Crippen molar-refractivity contribution < 1.29 is 23.8 Å². The predicted molar refractivity (Wildman–Crippen MR) is 52.9 cm³/mol. The van der Waals surface area contributed by atoms with E-state index in [2.05, 4.69) is 4.98 Å². The molecule has 0 amide bonds. The number of pyridine rings is 1. The first kappa shape index (κ1) is 3.07. The lowest BCUT2D eigenvalue weighted by molar-refractivity contribution is 0.425. The molecule has 1 aromatic rings. The molecule has 1 aromatic heterocycles. The standard InChI is InChI=1S/C9H14BNO2/c1-6(2)9-4-7(3)8(5-11-9)10(12)13/h4-6,12-13H,1-3H3/i1D3,2D3,3D3,6D. The smallest absolute Gasteiger partial charge is 0.423 e. The van der Waals surface area contributed by atoms with Gasteiger partial charge in [0.05, 0.1) is 0 Å². The molecule has 0 aliphatic carbocycles. The first-order chi connectivity index (χ1) is 10.0. The fraction of sp³-hybridized carbons (Fsp3) is 0.444. The summed E-state index contributed by atoms with van der Waals surface area (Å²) in [4.78, 5) is 3.50. The van der Waals surface area contributed by atoms with E-state index in [1.807, 2.05) is 0 Å². The molecule has 0 aliphatic heterocycles. The van der Waals surface area contributed by atoms with Gasteiger partial charge in [-0.1, -0.05) is 13.7 Å². The third-order valence-electron chi connectivity index (χ3n) is 1.47. The van der Waals surface area contributed by atoms with Crippen LogP contribution in [0.3, 0.4) is 0 Å². The molecular weight excluding hydrogens is 165 g/mol. The first-order valence-corrected chi connectivity index (χ1v) is 3.40. The fourth-order valence-corrected chi connectivity index (χ4v) is 0.808. The number of aromatic nitrogens is 1. The summed E-state index contributed by atoms with van der Waals surface area (Å²) >= 11 is 0.